The molecule has 0 bridgehead atoms. The molecular formula is C13H26N2O. The standard InChI is InChI=1S/C13H26N2O/c1-13(2,9-10-14)12(16)15-11-7-5-3-4-6-8-11/h11H,3-10,14H2,1-2H3,(H,15,16). The molecule has 0 aromatic heterocycles. The van der Waals surface area contributed by atoms with Gasteiger partial charge in [-0.1, -0.05) is 39.5 Å². The summed E-state index contributed by atoms with van der Waals surface area (Å²) in [5.74, 6) is 0.171. The van der Waals surface area contributed by atoms with Gasteiger partial charge in [0.25, 0.3) is 0 Å². The summed E-state index contributed by atoms with van der Waals surface area (Å²) in [5, 5.41) is 3.19. The Morgan fingerprint density at radius 1 is 1.25 bits per heavy atom. The Kier molecular flexibility index (Phi) is 5.26. The number of carbonyl (C=O) groups excluding carboxylic acids is 1. The molecule has 0 unspecified atom stereocenters. The number of rotatable bonds is 4. The van der Waals surface area contributed by atoms with E-state index in [4.69, 9.17) is 5.73 Å². The summed E-state index contributed by atoms with van der Waals surface area (Å²) in [6.45, 7) is 4.53. The van der Waals surface area contributed by atoms with E-state index in [0.29, 0.717) is 12.6 Å². The first-order chi connectivity index (χ1) is 7.56. The van der Waals surface area contributed by atoms with E-state index in [1.54, 1.807) is 0 Å². The normalized spacial score (nSPS) is 19.2. The third-order valence-corrected chi connectivity index (χ3v) is 3.57. The smallest absolute Gasteiger partial charge is 0.225 e. The predicted molar refractivity (Wildman–Crippen MR) is 67.1 cm³/mol. The summed E-state index contributed by atoms with van der Waals surface area (Å²) in [6.07, 6.45) is 8.18. The molecule has 3 heteroatoms. The second kappa shape index (κ2) is 6.24. The van der Waals surface area contributed by atoms with Crippen LogP contribution in [-0.4, -0.2) is 18.5 Å². The minimum atomic E-state index is -0.318. The lowest BCUT2D eigenvalue weighted by Gasteiger charge is -2.26. The van der Waals surface area contributed by atoms with Crippen LogP contribution in [0.15, 0.2) is 0 Å². The number of hydrogen-bond donors (Lipinski definition) is 2. The Morgan fingerprint density at radius 2 is 1.81 bits per heavy atom. The SMILES string of the molecule is CC(C)(CCN)C(=O)NC1CCCCCC1. The fraction of sp³-hybridized carbons (Fsp3) is 0.923. The minimum absolute atomic E-state index is 0.171. The van der Waals surface area contributed by atoms with Gasteiger partial charge in [0.15, 0.2) is 0 Å². The van der Waals surface area contributed by atoms with E-state index in [1.165, 1.54) is 25.7 Å². The second-order valence-electron chi connectivity index (χ2n) is 5.58. The maximum atomic E-state index is 12.1. The quantitative estimate of drug-likeness (QED) is 0.722. The van der Waals surface area contributed by atoms with E-state index >= 15 is 0 Å². The summed E-state index contributed by atoms with van der Waals surface area (Å²) in [7, 11) is 0. The summed E-state index contributed by atoms with van der Waals surface area (Å²) >= 11 is 0. The van der Waals surface area contributed by atoms with Gasteiger partial charge in [0.05, 0.1) is 0 Å². The predicted octanol–water partition coefficient (Wildman–Crippen LogP) is 2.20. The molecule has 0 atom stereocenters. The lowest BCUT2D eigenvalue weighted by molar-refractivity contribution is -0.130. The average Bonchev–Trinajstić information content (AvgIpc) is 2.46. The molecule has 0 spiro atoms. The summed E-state index contributed by atoms with van der Waals surface area (Å²) in [6, 6.07) is 0.395. The first kappa shape index (κ1) is 13.5. The largest absolute Gasteiger partial charge is 0.353 e. The Hall–Kier alpha value is -0.570. The van der Waals surface area contributed by atoms with Crippen molar-refractivity contribution >= 4 is 5.91 Å². The molecule has 0 aromatic rings. The van der Waals surface area contributed by atoms with Crippen LogP contribution in [0.25, 0.3) is 0 Å². The molecule has 1 rings (SSSR count). The number of nitrogens with one attached hydrogen (secondary N) is 1. The number of hydrogen-bond acceptors (Lipinski definition) is 2. The van der Waals surface area contributed by atoms with Gasteiger partial charge in [0.1, 0.15) is 0 Å². The lowest BCUT2D eigenvalue weighted by Crippen LogP contribution is -2.43. The van der Waals surface area contributed by atoms with Crippen molar-refractivity contribution < 1.29 is 4.79 Å². The Bertz CT molecular complexity index is 218. The number of nitrogens with two attached hydrogens (primary N) is 1. The zero-order chi connectivity index (χ0) is 12.0. The van der Waals surface area contributed by atoms with Crippen molar-refractivity contribution in [3.8, 4) is 0 Å². The van der Waals surface area contributed by atoms with Crippen molar-refractivity contribution in [3.05, 3.63) is 0 Å². The van der Waals surface area contributed by atoms with Crippen LogP contribution in [0.1, 0.15) is 58.8 Å². The van der Waals surface area contributed by atoms with Gasteiger partial charge in [-0.05, 0) is 25.8 Å². The molecule has 0 radical (unpaired) electrons. The first-order valence-corrected chi connectivity index (χ1v) is 6.57. The summed E-state index contributed by atoms with van der Waals surface area (Å²) in [4.78, 5) is 12.1. The first-order valence-electron chi connectivity index (χ1n) is 6.57. The van der Waals surface area contributed by atoms with Gasteiger partial charge >= 0.3 is 0 Å². The third-order valence-electron chi connectivity index (χ3n) is 3.57. The number of amides is 1. The van der Waals surface area contributed by atoms with Crippen molar-refractivity contribution in [2.75, 3.05) is 6.54 Å². The van der Waals surface area contributed by atoms with Crippen LogP contribution in [-0.2, 0) is 4.79 Å². The van der Waals surface area contributed by atoms with E-state index in [-0.39, 0.29) is 11.3 Å². The Balaban J connectivity index is 2.42. The van der Waals surface area contributed by atoms with Gasteiger partial charge in [0, 0.05) is 11.5 Å². The molecule has 0 aliphatic heterocycles. The highest BCUT2D eigenvalue weighted by Crippen LogP contribution is 2.22. The minimum Gasteiger partial charge on any atom is -0.353 e. The topological polar surface area (TPSA) is 55.1 Å². The molecule has 1 aliphatic carbocycles. The molecule has 3 N–H and O–H groups in total. The van der Waals surface area contributed by atoms with Gasteiger partial charge in [-0.2, -0.15) is 0 Å². The lowest BCUT2D eigenvalue weighted by atomic mass is 9.87. The molecule has 1 amide bonds. The molecular weight excluding hydrogens is 200 g/mol. The molecule has 1 aliphatic rings. The van der Waals surface area contributed by atoms with Gasteiger partial charge < -0.3 is 11.1 Å². The monoisotopic (exact) mass is 226 g/mol. The van der Waals surface area contributed by atoms with Crippen molar-refractivity contribution in [1.29, 1.82) is 0 Å². The molecule has 1 saturated carbocycles. The summed E-state index contributed by atoms with van der Waals surface area (Å²) < 4.78 is 0. The van der Waals surface area contributed by atoms with Gasteiger partial charge in [0.2, 0.25) is 5.91 Å². The molecule has 0 heterocycles. The van der Waals surface area contributed by atoms with Crippen LogP contribution in [0.2, 0.25) is 0 Å². The highest BCUT2D eigenvalue weighted by atomic mass is 16.2. The van der Waals surface area contributed by atoms with Crippen LogP contribution in [0, 0.1) is 5.41 Å². The Morgan fingerprint density at radius 3 is 2.31 bits per heavy atom. The second-order valence-corrected chi connectivity index (χ2v) is 5.58. The van der Waals surface area contributed by atoms with Crippen LogP contribution < -0.4 is 11.1 Å². The molecule has 0 aromatic carbocycles. The maximum Gasteiger partial charge on any atom is 0.225 e. The highest BCUT2D eigenvalue weighted by molar-refractivity contribution is 5.82. The fourth-order valence-corrected chi connectivity index (χ4v) is 2.28. The van der Waals surface area contributed by atoms with Crippen LogP contribution in [0.5, 0.6) is 0 Å². The highest BCUT2D eigenvalue weighted by Gasteiger charge is 2.28. The zero-order valence-corrected chi connectivity index (χ0v) is 10.7. The van der Waals surface area contributed by atoms with E-state index in [9.17, 15) is 4.79 Å². The Labute approximate surface area is 99.2 Å². The van der Waals surface area contributed by atoms with E-state index in [0.717, 1.165) is 19.3 Å². The van der Waals surface area contributed by atoms with Gasteiger partial charge in [-0.3, -0.25) is 4.79 Å². The van der Waals surface area contributed by atoms with Gasteiger partial charge in [-0.15, -0.1) is 0 Å². The third kappa shape index (κ3) is 4.12. The van der Waals surface area contributed by atoms with Gasteiger partial charge in [-0.25, -0.2) is 0 Å². The van der Waals surface area contributed by atoms with Crippen LogP contribution in [0.3, 0.4) is 0 Å². The number of carbonyl (C=O) groups is 1. The van der Waals surface area contributed by atoms with E-state index in [1.807, 2.05) is 13.8 Å². The molecule has 3 nitrogen and oxygen atoms in total. The van der Waals surface area contributed by atoms with Crippen molar-refractivity contribution in [1.82, 2.24) is 5.32 Å². The molecule has 0 saturated heterocycles. The van der Waals surface area contributed by atoms with Crippen molar-refractivity contribution in [2.45, 2.75) is 64.8 Å². The van der Waals surface area contributed by atoms with Crippen molar-refractivity contribution in [3.63, 3.8) is 0 Å². The average molecular weight is 226 g/mol. The molecule has 16 heavy (non-hydrogen) atoms. The summed E-state index contributed by atoms with van der Waals surface area (Å²) in [5.41, 5.74) is 5.21. The van der Waals surface area contributed by atoms with Crippen LogP contribution in [0.4, 0.5) is 0 Å². The zero-order valence-electron chi connectivity index (χ0n) is 10.7. The van der Waals surface area contributed by atoms with Crippen LogP contribution >= 0.6 is 0 Å². The molecule has 94 valence electrons. The van der Waals surface area contributed by atoms with E-state index in [2.05, 4.69) is 5.32 Å². The maximum absolute atomic E-state index is 12.1. The molecule has 1 fully saturated rings. The fourth-order valence-electron chi connectivity index (χ4n) is 2.28. The van der Waals surface area contributed by atoms with E-state index < -0.39 is 0 Å². The van der Waals surface area contributed by atoms with Crippen molar-refractivity contribution in [2.24, 2.45) is 11.1 Å².